The molecule has 0 amide bonds. The molecule has 1 N–H and O–H groups in total. The highest BCUT2D eigenvalue weighted by atomic mass is 16.6. The van der Waals surface area contributed by atoms with Gasteiger partial charge >= 0.3 is 5.97 Å². The molecule has 2 aliphatic rings. The second kappa shape index (κ2) is 4.13. The lowest BCUT2D eigenvalue weighted by atomic mass is 9.90. The van der Waals surface area contributed by atoms with E-state index in [4.69, 9.17) is 9.47 Å². The van der Waals surface area contributed by atoms with E-state index >= 15 is 0 Å². The predicted molar refractivity (Wildman–Crippen MR) is 59.2 cm³/mol. The van der Waals surface area contributed by atoms with E-state index in [9.17, 15) is 9.90 Å². The number of benzene rings is 1. The second-order valence-electron chi connectivity index (χ2n) is 4.55. The molecule has 2 saturated heterocycles. The third-order valence-electron chi connectivity index (χ3n) is 3.33. The van der Waals surface area contributed by atoms with Gasteiger partial charge in [0.25, 0.3) is 0 Å². The minimum absolute atomic E-state index is 0.130. The number of aliphatic hydroxyl groups is 1. The highest BCUT2D eigenvalue weighted by Gasteiger charge is 2.44. The molecule has 4 heteroatoms. The Morgan fingerprint density at radius 2 is 2.00 bits per heavy atom. The highest BCUT2D eigenvalue weighted by Crippen LogP contribution is 2.37. The number of fused-ring (bicyclic) bond motifs is 2. The number of rotatable bonds is 1. The molecule has 0 saturated carbocycles. The summed E-state index contributed by atoms with van der Waals surface area (Å²) in [6.45, 7) is 0. The van der Waals surface area contributed by atoms with Crippen LogP contribution in [0.4, 0.5) is 0 Å². The van der Waals surface area contributed by atoms with Crippen molar-refractivity contribution in [1.82, 2.24) is 0 Å². The Balaban J connectivity index is 1.86. The number of carbonyl (C=O) groups excluding carboxylic acids is 1. The number of hydrogen-bond acceptors (Lipinski definition) is 4. The molecule has 2 bridgehead atoms. The molecule has 4 nitrogen and oxygen atoms in total. The van der Waals surface area contributed by atoms with Crippen LogP contribution in [-0.2, 0) is 14.3 Å². The van der Waals surface area contributed by atoms with Crippen LogP contribution in [0, 0.1) is 0 Å². The Morgan fingerprint density at radius 1 is 1.24 bits per heavy atom. The lowest BCUT2D eigenvalue weighted by molar-refractivity contribution is -0.218. The van der Waals surface area contributed by atoms with E-state index < -0.39 is 18.3 Å². The van der Waals surface area contributed by atoms with Gasteiger partial charge in [0.1, 0.15) is 18.3 Å². The van der Waals surface area contributed by atoms with Gasteiger partial charge in [-0.1, -0.05) is 30.3 Å². The van der Waals surface area contributed by atoms with Crippen LogP contribution in [-0.4, -0.2) is 29.4 Å². The zero-order valence-corrected chi connectivity index (χ0v) is 9.28. The van der Waals surface area contributed by atoms with Gasteiger partial charge in [-0.3, -0.25) is 4.79 Å². The van der Waals surface area contributed by atoms with Gasteiger partial charge in [-0.05, 0) is 5.56 Å². The molecule has 0 unspecified atom stereocenters. The second-order valence-corrected chi connectivity index (χ2v) is 4.55. The molecule has 0 aliphatic carbocycles. The smallest absolute Gasteiger partial charge is 0.308 e. The maximum atomic E-state index is 11.3. The predicted octanol–water partition coefficient (Wildman–Crippen LogP) is 1.19. The van der Waals surface area contributed by atoms with Gasteiger partial charge in [-0.25, -0.2) is 0 Å². The molecule has 4 atom stereocenters. The zero-order valence-electron chi connectivity index (χ0n) is 9.28. The van der Waals surface area contributed by atoms with Crippen LogP contribution in [0.1, 0.15) is 24.5 Å². The normalized spacial score (nSPS) is 36.4. The van der Waals surface area contributed by atoms with Crippen LogP contribution < -0.4 is 0 Å². The minimum atomic E-state index is -0.780. The maximum Gasteiger partial charge on any atom is 0.308 e. The Morgan fingerprint density at radius 3 is 2.76 bits per heavy atom. The summed E-state index contributed by atoms with van der Waals surface area (Å²) < 4.78 is 10.9. The quantitative estimate of drug-likeness (QED) is 0.742. The molecular weight excluding hydrogens is 220 g/mol. The van der Waals surface area contributed by atoms with Crippen molar-refractivity contribution in [3.8, 4) is 0 Å². The highest BCUT2D eigenvalue weighted by molar-refractivity contribution is 5.71. The Labute approximate surface area is 99.2 Å². The van der Waals surface area contributed by atoms with Crippen molar-refractivity contribution in [3.05, 3.63) is 35.9 Å². The van der Waals surface area contributed by atoms with Crippen LogP contribution in [0.5, 0.6) is 0 Å². The van der Waals surface area contributed by atoms with Crippen LogP contribution in [0.25, 0.3) is 0 Å². The SMILES string of the molecule is O=C1C[C@H]2C[C@@H](O1)[C@@H](O)[C@H](c1ccccc1)O2. The molecule has 2 heterocycles. The number of ether oxygens (including phenoxy) is 2. The van der Waals surface area contributed by atoms with E-state index in [0.29, 0.717) is 6.42 Å². The Hall–Kier alpha value is -1.39. The van der Waals surface area contributed by atoms with Crippen molar-refractivity contribution >= 4 is 5.97 Å². The van der Waals surface area contributed by atoms with E-state index in [0.717, 1.165) is 5.56 Å². The largest absolute Gasteiger partial charge is 0.459 e. The lowest BCUT2D eigenvalue weighted by Gasteiger charge is -2.42. The monoisotopic (exact) mass is 234 g/mol. The maximum absolute atomic E-state index is 11.3. The molecule has 2 fully saturated rings. The van der Waals surface area contributed by atoms with E-state index in [1.807, 2.05) is 30.3 Å². The fourth-order valence-corrected chi connectivity index (χ4v) is 2.51. The molecule has 3 rings (SSSR count). The van der Waals surface area contributed by atoms with Crippen LogP contribution in [0.3, 0.4) is 0 Å². The van der Waals surface area contributed by atoms with Gasteiger partial charge in [0.15, 0.2) is 0 Å². The molecular formula is C13H14O4. The minimum Gasteiger partial charge on any atom is -0.459 e. The third kappa shape index (κ3) is 1.94. The Bertz CT molecular complexity index is 417. The summed E-state index contributed by atoms with van der Waals surface area (Å²) in [5, 5.41) is 10.1. The van der Waals surface area contributed by atoms with Crippen molar-refractivity contribution in [2.45, 2.75) is 37.3 Å². The summed E-state index contributed by atoms with van der Waals surface area (Å²) in [4.78, 5) is 11.3. The first kappa shape index (κ1) is 10.7. The summed E-state index contributed by atoms with van der Waals surface area (Å²) in [6.07, 6.45) is -0.857. The van der Waals surface area contributed by atoms with Crippen LogP contribution in [0.15, 0.2) is 30.3 Å². The summed E-state index contributed by atoms with van der Waals surface area (Å²) in [5.41, 5.74) is 0.924. The molecule has 0 radical (unpaired) electrons. The van der Waals surface area contributed by atoms with E-state index in [2.05, 4.69) is 0 Å². The van der Waals surface area contributed by atoms with Crippen molar-refractivity contribution in [3.63, 3.8) is 0 Å². The van der Waals surface area contributed by atoms with Gasteiger partial charge < -0.3 is 14.6 Å². The molecule has 1 aromatic rings. The van der Waals surface area contributed by atoms with Crippen LogP contribution >= 0.6 is 0 Å². The third-order valence-corrected chi connectivity index (χ3v) is 3.33. The average Bonchev–Trinajstić information content (AvgIpc) is 2.34. The van der Waals surface area contributed by atoms with Gasteiger partial charge in [0.2, 0.25) is 0 Å². The summed E-state index contributed by atoms with van der Waals surface area (Å²) in [6, 6.07) is 9.55. The first-order valence-electron chi connectivity index (χ1n) is 5.82. The summed E-state index contributed by atoms with van der Waals surface area (Å²) in [7, 11) is 0. The number of carbonyl (C=O) groups is 1. The molecule has 0 spiro atoms. The summed E-state index contributed by atoms with van der Waals surface area (Å²) in [5.74, 6) is -0.281. The molecule has 2 aliphatic heterocycles. The Kier molecular flexibility index (Phi) is 2.61. The molecule has 17 heavy (non-hydrogen) atoms. The van der Waals surface area contributed by atoms with Crippen molar-refractivity contribution in [2.24, 2.45) is 0 Å². The number of esters is 1. The van der Waals surface area contributed by atoms with Gasteiger partial charge in [0.05, 0.1) is 12.5 Å². The van der Waals surface area contributed by atoms with E-state index in [1.165, 1.54) is 0 Å². The van der Waals surface area contributed by atoms with Crippen molar-refractivity contribution in [1.29, 1.82) is 0 Å². The van der Waals surface area contributed by atoms with Crippen molar-refractivity contribution in [2.75, 3.05) is 0 Å². The first-order valence-corrected chi connectivity index (χ1v) is 5.82. The fraction of sp³-hybridized carbons (Fsp3) is 0.462. The first-order chi connectivity index (χ1) is 8.24. The van der Waals surface area contributed by atoms with Crippen LogP contribution in [0.2, 0.25) is 0 Å². The molecule has 1 aromatic carbocycles. The van der Waals surface area contributed by atoms with Gasteiger partial charge in [-0.15, -0.1) is 0 Å². The zero-order chi connectivity index (χ0) is 11.8. The van der Waals surface area contributed by atoms with Crippen molar-refractivity contribution < 1.29 is 19.4 Å². The molecule has 0 aromatic heterocycles. The fourth-order valence-electron chi connectivity index (χ4n) is 2.51. The molecule has 90 valence electrons. The summed E-state index contributed by atoms with van der Waals surface area (Å²) >= 11 is 0. The van der Waals surface area contributed by atoms with Gasteiger partial charge in [-0.2, -0.15) is 0 Å². The van der Waals surface area contributed by atoms with Gasteiger partial charge in [0, 0.05) is 6.42 Å². The number of hydrogen-bond donors (Lipinski definition) is 1. The average molecular weight is 234 g/mol. The van der Waals surface area contributed by atoms with E-state index in [-0.39, 0.29) is 18.5 Å². The topological polar surface area (TPSA) is 55.8 Å². The lowest BCUT2D eigenvalue weighted by Crippen LogP contribution is -2.50. The standard InChI is InChI=1S/C13H14O4/c14-11-7-9-6-10(17-11)12(15)13(16-9)8-4-2-1-3-5-8/h1-5,9-10,12-13,15H,6-7H2/t9-,10-,12-,13+/m1/s1. The number of aliphatic hydroxyl groups excluding tert-OH is 1. The van der Waals surface area contributed by atoms with E-state index in [1.54, 1.807) is 0 Å².